The number of oxazole rings is 1. The minimum atomic E-state index is -0.0364. The molecule has 0 aliphatic carbocycles. The van der Waals surface area contributed by atoms with Gasteiger partial charge in [-0.1, -0.05) is 67.6 Å². The van der Waals surface area contributed by atoms with Gasteiger partial charge in [0.05, 0.1) is 5.71 Å². The van der Waals surface area contributed by atoms with Gasteiger partial charge in [-0.3, -0.25) is 4.79 Å². The highest BCUT2D eigenvalue weighted by Crippen LogP contribution is 2.28. The van der Waals surface area contributed by atoms with Gasteiger partial charge in [-0.25, -0.2) is 10.4 Å². The molecule has 1 amide bonds. The third-order valence-electron chi connectivity index (χ3n) is 5.72. The topological polar surface area (TPSA) is 67.5 Å². The first-order valence-corrected chi connectivity index (χ1v) is 10.8. The average Bonchev–Trinajstić information content (AvgIpc) is 3.27. The summed E-state index contributed by atoms with van der Waals surface area (Å²) in [4.78, 5) is 16.3. The largest absolute Gasteiger partial charge is 0.436 e. The number of hydrogen-bond donors (Lipinski definition) is 1. The van der Waals surface area contributed by atoms with Crippen LogP contribution >= 0.6 is 0 Å². The van der Waals surface area contributed by atoms with Crippen molar-refractivity contribution < 1.29 is 9.21 Å². The summed E-state index contributed by atoms with van der Waals surface area (Å²) in [6.45, 7) is 2.07. The lowest BCUT2D eigenvalue weighted by Crippen LogP contribution is -2.33. The van der Waals surface area contributed by atoms with Gasteiger partial charge in [0, 0.05) is 23.5 Å². The fraction of sp³-hybridized carbons (Fsp3) is 0.148. The highest BCUT2D eigenvalue weighted by atomic mass is 16.3. The van der Waals surface area contributed by atoms with Crippen molar-refractivity contribution in [1.82, 2.24) is 10.4 Å². The molecule has 32 heavy (non-hydrogen) atoms. The molecule has 5 heteroatoms. The molecule has 1 unspecified atom stereocenters. The highest BCUT2D eigenvalue weighted by molar-refractivity contribution is 6.07. The summed E-state index contributed by atoms with van der Waals surface area (Å²) in [7, 11) is 0. The van der Waals surface area contributed by atoms with E-state index in [0.717, 1.165) is 34.3 Å². The molecule has 0 saturated carbocycles. The number of carbonyl (C=O) groups excluding carboxylic acids is 1. The zero-order chi connectivity index (χ0) is 21.9. The first kappa shape index (κ1) is 19.9. The second kappa shape index (κ2) is 8.63. The van der Waals surface area contributed by atoms with Crippen molar-refractivity contribution in [3.8, 4) is 11.5 Å². The normalized spacial score (nSPS) is 16.3. The van der Waals surface area contributed by atoms with Crippen molar-refractivity contribution in [3.63, 3.8) is 0 Å². The molecule has 3 aromatic carbocycles. The highest BCUT2D eigenvalue weighted by Gasteiger charge is 2.24. The molecule has 4 aromatic rings. The Morgan fingerprint density at radius 2 is 1.69 bits per heavy atom. The van der Waals surface area contributed by atoms with Crippen molar-refractivity contribution >= 4 is 34.9 Å². The molecule has 5 nitrogen and oxygen atoms in total. The van der Waals surface area contributed by atoms with Crippen LogP contribution in [0.5, 0.6) is 0 Å². The monoisotopic (exact) mass is 421 g/mol. The summed E-state index contributed by atoms with van der Waals surface area (Å²) in [5, 5.41) is 4.30. The average molecular weight is 422 g/mol. The Morgan fingerprint density at radius 1 is 0.969 bits per heavy atom. The quantitative estimate of drug-likeness (QED) is 0.407. The number of aromatic nitrogens is 1. The summed E-state index contributed by atoms with van der Waals surface area (Å²) in [6.07, 6.45) is 5.50. The molecule has 2 heterocycles. The van der Waals surface area contributed by atoms with Crippen molar-refractivity contribution in [2.45, 2.75) is 19.8 Å². The summed E-state index contributed by atoms with van der Waals surface area (Å²) in [6, 6.07) is 24.3. The van der Waals surface area contributed by atoms with Crippen LogP contribution in [0.3, 0.4) is 0 Å². The van der Waals surface area contributed by atoms with E-state index in [2.05, 4.69) is 58.9 Å². The van der Waals surface area contributed by atoms with E-state index < -0.39 is 0 Å². The van der Waals surface area contributed by atoms with Gasteiger partial charge in [0.25, 0.3) is 0 Å². The number of fused-ring (bicyclic) bond motifs is 1. The Bertz CT molecular complexity index is 1320. The molecule has 1 aliphatic heterocycles. The third-order valence-corrected chi connectivity index (χ3v) is 5.72. The van der Waals surface area contributed by atoms with Gasteiger partial charge in [0.15, 0.2) is 5.58 Å². The van der Waals surface area contributed by atoms with Gasteiger partial charge in [-0.2, -0.15) is 5.10 Å². The summed E-state index contributed by atoms with van der Waals surface area (Å²) in [5.41, 5.74) is 9.14. The second-order valence-corrected chi connectivity index (χ2v) is 7.91. The summed E-state index contributed by atoms with van der Waals surface area (Å²) < 4.78 is 6.07. The van der Waals surface area contributed by atoms with Crippen LogP contribution in [-0.4, -0.2) is 16.6 Å². The maximum Gasteiger partial charge on any atom is 0.240 e. The van der Waals surface area contributed by atoms with Crippen LogP contribution in [0.4, 0.5) is 0 Å². The maximum absolute atomic E-state index is 11.7. The predicted molar refractivity (Wildman–Crippen MR) is 128 cm³/mol. The van der Waals surface area contributed by atoms with E-state index in [1.807, 2.05) is 48.5 Å². The van der Waals surface area contributed by atoms with Gasteiger partial charge in [0.1, 0.15) is 5.52 Å². The van der Waals surface area contributed by atoms with Crippen molar-refractivity contribution in [2.75, 3.05) is 0 Å². The molecule has 1 aliphatic rings. The summed E-state index contributed by atoms with van der Waals surface area (Å²) in [5.74, 6) is 0.660. The van der Waals surface area contributed by atoms with Crippen molar-refractivity contribution in [2.24, 2.45) is 11.0 Å². The van der Waals surface area contributed by atoms with Gasteiger partial charge in [0.2, 0.25) is 11.8 Å². The molecular formula is C27H23N3O2. The lowest BCUT2D eigenvalue weighted by molar-refractivity contribution is -0.122. The van der Waals surface area contributed by atoms with Crippen LogP contribution in [0.25, 0.3) is 34.7 Å². The number of hydrogen-bond acceptors (Lipinski definition) is 4. The van der Waals surface area contributed by atoms with Crippen molar-refractivity contribution in [1.29, 1.82) is 0 Å². The minimum absolute atomic E-state index is 0.0364. The lowest BCUT2D eigenvalue weighted by Gasteiger charge is -2.21. The van der Waals surface area contributed by atoms with Crippen LogP contribution < -0.4 is 5.43 Å². The number of amides is 1. The number of nitrogens with one attached hydrogen (secondary N) is 1. The molecule has 1 aromatic heterocycles. The first-order chi connectivity index (χ1) is 15.7. The van der Waals surface area contributed by atoms with E-state index >= 15 is 0 Å². The summed E-state index contributed by atoms with van der Waals surface area (Å²) >= 11 is 0. The fourth-order valence-corrected chi connectivity index (χ4v) is 3.92. The van der Waals surface area contributed by atoms with E-state index in [4.69, 9.17) is 4.42 Å². The van der Waals surface area contributed by atoms with E-state index in [1.54, 1.807) is 0 Å². The van der Waals surface area contributed by atoms with Gasteiger partial charge in [-0.05, 0) is 41.8 Å². The van der Waals surface area contributed by atoms with Gasteiger partial charge < -0.3 is 4.42 Å². The van der Waals surface area contributed by atoms with Gasteiger partial charge >= 0.3 is 0 Å². The molecule has 158 valence electrons. The lowest BCUT2D eigenvalue weighted by atomic mass is 9.90. The molecule has 1 N–H and O–H groups in total. The van der Waals surface area contributed by atoms with Gasteiger partial charge in [-0.15, -0.1) is 0 Å². The standard InChI is InChI=1S/C27H23N3O2/c1-2-20-17-25(31)29-30-26(20)22-14-15-23-24(16-22)32-27(28-23)21-12-10-19(11-13-21)9-8-18-6-4-3-5-7-18/h3-16,20H,2,17H2,1H3,(H,29,31)/b9-8+. The van der Waals surface area contributed by atoms with E-state index in [-0.39, 0.29) is 11.8 Å². The maximum atomic E-state index is 11.7. The second-order valence-electron chi connectivity index (χ2n) is 7.91. The van der Waals surface area contributed by atoms with E-state index in [1.165, 1.54) is 5.56 Å². The van der Waals surface area contributed by atoms with Crippen LogP contribution in [0.2, 0.25) is 0 Å². The zero-order valence-corrected chi connectivity index (χ0v) is 17.8. The fourth-order valence-electron chi connectivity index (χ4n) is 3.92. The molecule has 1 atom stereocenters. The SMILES string of the molecule is CCC1CC(=O)NN=C1c1ccc2nc(-c3ccc(/C=C/c4ccccc4)cc3)oc2c1. The molecule has 5 rings (SSSR count). The number of carbonyl (C=O) groups is 1. The van der Waals surface area contributed by atoms with E-state index in [9.17, 15) is 4.79 Å². The number of benzene rings is 3. The van der Waals surface area contributed by atoms with Crippen LogP contribution in [0.1, 0.15) is 36.5 Å². The molecule has 0 radical (unpaired) electrons. The molecular weight excluding hydrogens is 398 g/mol. The minimum Gasteiger partial charge on any atom is -0.436 e. The Hall–Kier alpha value is -3.99. The smallest absolute Gasteiger partial charge is 0.240 e. The predicted octanol–water partition coefficient (Wildman–Crippen LogP) is 5.92. The Kier molecular flexibility index (Phi) is 5.38. The van der Waals surface area contributed by atoms with Crippen molar-refractivity contribution in [3.05, 3.63) is 89.5 Å². The Morgan fingerprint density at radius 3 is 2.44 bits per heavy atom. The Balaban J connectivity index is 1.39. The number of hydrazone groups is 1. The van der Waals surface area contributed by atoms with Crippen LogP contribution in [0, 0.1) is 5.92 Å². The third kappa shape index (κ3) is 4.10. The first-order valence-electron chi connectivity index (χ1n) is 10.8. The molecule has 0 spiro atoms. The number of nitrogens with zero attached hydrogens (tertiary/aromatic N) is 2. The van der Waals surface area contributed by atoms with Crippen LogP contribution in [-0.2, 0) is 4.79 Å². The van der Waals surface area contributed by atoms with Crippen LogP contribution in [0.15, 0.2) is 82.3 Å². The van der Waals surface area contributed by atoms with E-state index in [0.29, 0.717) is 17.9 Å². The Labute approximate surface area is 186 Å². The molecule has 0 saturated heterocycles. The molecule has 0 bridgehead atoms. The molecule has 0 fully saturated rings. The number of rotatable bonds is 5. The zero-order valence-electron chi connectivity index (χ0n) is 17.8.